The number of azide groups is 1. The molecule has 1 atom stereocenters. The molecule has 11 heteroatoms. The number of nitrogens with one attached hydrogen (secondary N) is 2. The largest absolute Gasteiger partial charge is 0.494 e. The van der Waals surface area contributed by atoms with E-state index in [2.05, 4.69) is 36.8 Å². The van der Waals surface area contributed by atoms with Gasteiger partial charge in [-0.1, -0.05) is 57.4 Å². The molecule has 0 bridgehead atoms. The molecule has 1 amide bonds. The van der Waals surface area contributed by atoms with Gasteiger partial charge in [-0.25, -0.2) is 10.4 Å². The van der Waals surface area contributed by atoms with Crippen molar-refractivity contribution >= 4 is 27.7 Å². The maximum Gasteiger partial charge on any atom is 0.266 e. The first-order valence-corrected chi connectivity index (χ1v) is 13.7. The van der Waals surface area contributed by atoms with Crippen LogP contribution in [0.3, 0.4) is 0 Å². The molecule has 0 unspecified atom stereocenters. The Balaban J connectivity index is 1.52. The summed E-state index contributed by atoms with van der Waals surface area (Å²) in [5.41, 5.74) is 17.0. The summed E-state index contributed by atoms with van der Waals surface area (Å²) in [5.74, 6) is 0.710. The van der Waals surface area contributed by atoms with E-state index in [0.29, 0.717) is 31.2 Å². The fourth-order valence-electron chi connectivity index (χ4n) is 4.25. The Hall–Kier alpha value is -3.89. The maximum absolute atomic E-state index is 13.6. The van der Waals surface area contributed by atoms with Gasteiger partial charge >= 0.3 is 0 Å². The molecule has 3 aromatic rings. The highest BCUT2D eigenvalue weighted by Crippen LogP contribution is 2.29. The molecule has 208 valence electrons. The van der Waals surface area contributed by atoms with Gasteiger partial charge < -0.3 is 14.6 Å². The van der Waals surface area contributed by atoms with Crippen molar-refractivity contribution in [1.29, 1.82) is 0 Å². The summed E-state index contributed by atoms with van der Waals surface area (Å²) in [6.07, 6.45) is 1.54. The third-order valence-electron chi connectivity index (χ3n) is 6.42. The van der Waals surface area contributed by atoms with E-state index in [1.165, 1.54) is 0 Å². The first kappa shape index (κ1) is 29.1. The zero-order chi connectivity index (χ0) is 28.2. The molecule has 0 radical (unpaired) electrons. The minimum Gasteiger partial charge on any atom is -0.494 e. The smallest absolute Gasteiger partial charge is 0.266 e. The van der Waals surface area contributed by atoms with Gasteiger partial charge in [-0.3, -0.25) is 10.2 Å². The quantitative estimate of drug-likeness (QED) is 0.0805. The molecule has 0 aliphatic carbocycles. The standard InChI is InChI=1S/C29H31BrN6O4/c30-25-10-6-21(7-11-25)14-15-32-35-28(38)29(18-23-4-1-2-5-24(23)19-33-36-31)20-40-27(34-29)22-8-12-26(13-9-22)39-17-3-16-37/h1-2,4-13,32,37H,3,14-20H2,(H,35,38)/t29-/m0/s1. The van der Waals surface area contributed by atoms with Gasteiger partial charge in [0.15, 0.2) is 5.54 Å². The fraction of sp³-hybridized carbons (Fsp3) is 0.310. The second kappa shape index (κ2) is 14.5. The lowest BCUT2D eigenvalue weighted by molar-refractivity contribution is -0.127. The van der Waals surface area contributed by atoms with Gasteiger partial charge in [-0.05, 0) is 65.0 Å². The average molecular weight is 608 g/mol. The molecule has 1 aliphatic heterocycles. The zero-order valence-electron chi connectivity index (χ0n) is 21.9. The summed E-state index contributed by atoms with van der Waals surface area (Å²) in [5, 5.41) is 12.7. The molecule has 3 N–H and O–H groups in total. The SMILES string of the molecule is [N-]=[N+]=NCc1ccccc1C[C@@]1(C(=O)NNCCc2ccc(Br)cc2)COC(c2ccc(OCCCO)cc2)=N1. The number of hydrogen-bond acceptors (Lipinski definition) is 7. The molecular weight excluding hydrogens is 576 g/mol. The summed E-state index contributed by atoms with van der Waals surface area (Å²) in [6.45, 7) is 1.24. The molecular formula is C29H31BrN6O4. The van der Waals surface area contributed by atoms with Gasteiger partial charge in [0.2, 0.25) is 5.90 Å². The molecule has 0 saturated heterocycles. The van der Waals surface area contributed by atoms with Gasteiger partial charge in [0.05, 0.1) is 13.2 Å². The minimum absolute atomic E-state index is 0.0488. The Kier molecular flexibility index (Phi) is 10.5. The number of halogens is 1. The summed E-state index contributed by atoms with van der Waals surface area (Å²) in [6, 6.07) is 22.8. The van der Waals surface area contributed by atoms with E-state index in [4.69, 9.17) is 25.1 Å². The van der Waals surface area contributed by atoms with Crippen molar-refractivity contribution in [2.75, 3.05) is 26.4 Å². The number of amides is 1. The van der Waals surface area contributed by atoms with Crippen molar-refractivity contribution in [3.05, 3.63) is 110 Å². The van der Waals surface area contributed by atoms with E-state index in [9.17, 15) is 4.79 Å². The summed E-state index contributed by atoms with van der Waals surface area (Å²) in [7, 11) is 0. The van der Waals surface area contributed by atoms with Crippen LogP contribution in [-0.2, 0) is 28.9 Å². The number of aliphatic hydroxyl groups excluding tert-OH is 1. The van der Waals surface area contributed by atoms with Crippen molar-refractivity contribution in [3.63, 3.8) is 0 Å². The van der Waals surface area contributed by atoms with Crippen LogP contribution in [0.5, 0.6) is 5.75 Å². The van der Waals surface area contributed by atoms with Gasteiger partial charge in [0.1, 0.15) is 12.4 Å². The summed E-state index contributed by atoms with van der Waals surface area (Å²) < 4.78 is 12.6. The van der Waals surface area contributed by atoms with E-state index >= 15 is 0 Å². The molecule has 10 nitrogen and oxygen atoms in total. The number of carbonyl (C=O) groups excluding carboxylic acids is 1. The number of aliphatic imine (C=N–C) groups is 1. The van der Waals surface area contributed by atoms with Crippen molar-refractivity contribution in [1.82, 2.24) is 10.9 Å². The maximum atomic E-state index is 13.6. The summed E-state index contributed by atoms with van der Waals surface area (Å²) in [4.78, 5) is 21.3. The molecule has 0 saturated carbocycles. The van der Waals surface area contributed by atoms with Crippen LogP contribution < -0.4 is 15.6 Å². The van der Waals surface area contributed by atoms with Crippen molar-refractivity contribution in [2.45, 2.75) is 31.3 Å². The number of ether oxygens (including phenoxy) is 2. The van der Waals surface area contributed by atoms with Crippen LogP contribution >= 0.6 is 15.9 Å². The highest BCUT2D eigenvalue weighted by Gasteiger charge is 2.45. The van der Waals surface area contributed by atoms with Crippen LogP contribution in [0.15, 0.2) is 87.4 Å². The minimum atomic E-state index is -1.23. The second-order valence-electron chi connectivity index (χ2n) is 9.28. The summed E-state index contributed by atoms with van der Waals surface area (Å²) >= 11 is 3.44. The van der Waals surface area contributed by atoms with Crippen LogP contribution in [0.1, 0.15) is 28.7 Å². The van der Waals surface area contributed by atoms with Crippen LogP contribution in [0.4, 0.5) is 0 Å². The van der Waals surface area contributed by atoms with E-state index in [-0.39, 0.29) is 32.1 Å². The molecule has 0 aromatic heterocycles. The highest BCUT2D eigenvalue weighted by molar-refractivity contribution is 9.10. The molecule has 0 fully saturated rings. The van der Waals surface area contributed by atoms with Crippen LogP contribution in [0.2, 0.25) is 0 Å². The normalized spacial score (nSPS) is 16.0. The number of carbonyl (C=O) groups is 1. The Morgan fingerprint density at radius 1 is 1.12 bits per heavy atom. The number of hydrazine groups is 1. The topological polar surface area (TPSA) is 141 Å². The number of aliphatic hydroxyl groups is 1. The lowest BCUT2D eigenvalue weighted by Crippen LogP contribution is -2.53. The van der Waals surface area contributed by atoms with E-state index in [1.54, 1.807) is 12.1 Å². The van der Waals surface area contributed by atoms with E-state index < -0.39 is 5.54 Å². The lowest BCUT2D eigenvalue weighted by atomic mass is 9.89. The van der Waals surface area contributed by atoms with Gasteiger partial charge in [0.25, 0.3) is 5.91 Å². The number of benzene rings is 3. The zero-order valence-corrected chi connectivity index (χ0v) is 23.5. The van der Waals surface area contributed by atoms with E-state index in [1.807, 2.05) is 60.7 Å². The van der Waals surface area contributed by atoms with Crippen LogP contribution in [0, 0.1) is 0 Å². The number of rotatable bonds is 14. The molecule has 40 heavy (non-hydrogen) atoms. The van der Waals surface area contributed by atoms with Crippen molar-refractivity contribution in [3.8, 4) is 5.75 Å². The Morgan fingerprint density at radius 3 is 2.60 bits per heavy atom. The van der Waals surface area contributed by atoms with E-state index in [0.717, 1.165) is 33.1 Å². The lowest BCUT2D eigenvalue weighted by Gasteiger charge is -2.24. The van der Waals surface area contributed by atoms with Gasteiger partial charge in [-0.15, -0.1) is 0 Å². The molecule has 1 aliphatic rings. The first-order valence-electron chi connectivity index (χ1n) is 12.9. The molecule has 1 heterocycles. The van der Waals surface area contributed by atoms with Gasteiger partial charge in [-0.2, -0.15) is 0 Å². The van der Waals surface area contributed by atoms with Crippen LogP contribution in [0.25, 0.3) is 10.4 Å². The Labute approximate surface area is 241 Å². The van der Waals surface area contributed by atoms with Crippen LogP contribution in [-0.4, -0.2) is 48.8 Å². The molecule has 0 spiro atoms. The number of hydrogen-bond donors (Lipinski definition) is 3. The monoisotopic (exact) mass is 606 g/mol. The third-order valence-corrected chi connectivity index (χ3v) is 6.95. The molecule has 3 aromatic carbocycles. The first-order chi connectivity index (χ1) is 19.5. The predicted molar refractivity (Wildman–Crippen MR) is 156 cm³/mol. The third kappa shape index (κ3) is 7.83. The fourth-order valence-corrected chi connectivity index (χ4v) is 4.52. The van der Waals surface area contributed by atoms with Crippen molar-refractivity contribution < 1.29 is 19.4 Å². The molecule has 4 rings (SSSR count). The van der Waals surface area contributed by atoms with Gasteiger partial charge in [0, 0.05) is 40.9 Å². The number of nitrogens with zero attached hydrogens (tertiary/aromatic N) is 4. The average Bonchev–Trinajstić information content (AvgIpc) is 3.41. The second-order valence-corrected chi connectivity index (χ2v) is 10.2. The predicted octanol–water partition coefficient (Wildman–Crippen LogP) is 4.64. The Bertz CT molecular complexity index is 1360. The van der Waals surface area contributed by atoms with Crippen molar-refractivity contribution in [2.24, 2.45) is 10.1 Å². The highest BCUT2D eigenvalue weighted by atomic mass is 79.9. The Morgan fingerprint density at radius 2 is 1.88 bits per heavy atom.